The molecule has 0 fully saturated rings. The van der Waals surface area contributed by atoms with Crippen LogP contribution in [0, 0.1) is 5.92 Å². The highest BCUT2D eigenvalue weighted by Crippen LogP contribution is 2.24. The van der Waals surface area contributed by atoms with E-state index in [0.717, 1.165) is 27.1 Å². The van der Waals surface area contributed by atoms with Crippen molar-refractivity contribution in [3.63, 3.8) is 0 Å². The zero-order chi connectivity index (χ0) is 11.8. The van der Waals surface area contributed by atoms with Gasteiger partial charge in [-0.05, 0) is 5.92 Å². The minimum absolute atomic E-state index is 0.629. The van der Waals surface area contributed by atoms with E-state index in [2.05, 4.69) is 28.9 Å². The molecule has 3 heterocycles. The summed E-state index contributed by atoms with van der Waals surface area (Å²) in [4.78, 5) is 9.75. The van der Waals surface area contributed by atoms with Crippen molar-refractivity contribution in [2.45, 2.75) is 20.3 Å². The van der Waals surface area contributed by atoms with Gasteiger partial charge in [0.2, 0.25) is 4.96 Å². The molecule has 0 amide bonds. The van der Waals surface area contributed by atoms with Gasteiger partial charge in [0.1, 0.15) is 15.7 Å². The first-order chi connectivity index (χ1) is 8.22. The van der Waals surface area contributed by atoms with Crippen LogP contribution >= 0.6 is 22.7 Å². The summed E-state index contributed by atoms with van der Waals surface area (Å²) < 4.78 is 1.86. The molecule has 88 valence electrons. The molecule has 0 saturated heterocycles. The second-order valence-electron chi connectivity index (χ2n) is 4.28. The van der Waals surface area contributed by atoms with Crippen LogP contribution in [-0.2, 0) is 6.42 Å². The van der Waals surface area contributed by atoms with Crippen molar-refractivity contribution < 1.29 is 0 Å². The van der Waals surface area contributed by atoms with Crippen molar-refractivity contribution in [1.82, 2.24) is 19.6 Å². The Morgan fingerprint density at radius 3 is 2.94 bits per heavy atom. The Labute approximate surface area is 107 Å². The molecule has 0 bridgehead atoms. The summed E-state index contributed by atoms with van der Waals surface area (Å²) >= 11 is 3.26. The van der Waals surface area contributed by atoms with Crippen molar-refractivity contribution in [3.05, 3.63) is 22.8 Å². The van der Waals surface area contributed by atoms with Gasteiger partial charge in [-0.3, -0.25) is 0 Å². The molecule has 3 aromatic heterocycles. The predicted molar refractivity (Wildman–Crippen MR) is 70.5 cm³/mol. The fourth-order valence-electron chi connectivity index (χ4n) is 1.63. The predicted octanol–water partition coefficient (Wildman–Crippen LogP) is 3.11. The molecule has 0 radical (unpaired) electrons. The quantitative estimate of drug-likeness (QED) is 0.730. The maximum absolute atomic E-state index is 4.55. The summed E-state index contributed by atoms with van der Waals surface area (Å²) in [6, 6.07) is 0. The molecule has 0 aliphatic rings. The van der Waals surface area contributed by atoms with Crippen LogP contribution in [0.25, 0.3) is 15.7 Å². The number of rotatable bonds is 3. The van der Waals surface area contributed by atoms with Crippen LogP contribution in [0.5, 0.6) is 0 Å². The molecule has 4 nitrogen and oxygen atoms in total. The summed E-state index contributed by atoms with van der Waals surface area (Å²) in [6.45, 7) is 4.40. The van der Waals surface area contributed by atoms with Gasteiger partial charge < -0.3 is 0 Å². The molecule has 0 spiro atoms. The highest BCUT2D eigenvalue weighted by molar-refractivity contribution is 7.16. The molecule has 0 unspecified atom stereocenters. The zero-order valence-corrected chi connectivity index (χ0v) is 11.3. The van der Waals surface area contributed by atoms with Gasteiger partial charge in [0.25, 0.3) is 0 Å². The number of hydrogen-bond donors (Lipinski definition) is 0. The first-order valence-corrected chi connectivity index (χ1v) is 7.17. The number of imidazole rings is 1. The topological polar surface area (TPSA) is 43.1 Å². The van der Waals surface area contributed by atoms with Gasteiger partial charge in [-0.2, -0.15) is 5.10 Å². The van der Waals surface area contributed by atoms with Crippen LogP contribution in [0.3, 0.4) is 0 Å². The van der Waals surface area contributed by atoms with Crippen molar-refractivity contribution >= 4 is 27.6 Å². The highest BCUT2D eigenvalue weighted by atomic mass is 32.1. The maximum Gasteiger partial charge on any atom is 0.212 e. The van der Waals surface area contributed by atoms with E-state index in [0.29, 0.717) is 5.92 Å². The van der Waals surface area contributed by atoms with Gasteiger partial charge in [-0.1, -0.05) is 25.2 Å². The molecule has 3 rings (SSSR count). The van der Waals surface area contributed by atoms with E-state index in [1.165, 1.54) is 0 Å². The molecule has 0 aliphatic heterocycles. The van der Waals surface area contributed by atoms with E-state index in [-0.39, 0.29) is 0 Å². The Bertz CT molecular complexity index is 590. The maximum atomic E-state index is 4.55. The summed E-state index contributed by atoms with van der Waals surface area (Å²) in [5, 5.41) is 8.59. The standard InChI is InChI=1S/C11H12N4S2/c1-7(2)5-9-14-15-6-8(13-11(15)17-9)10-12-3-4-16-10/h3-4,6-7H,5H2,1-2H3. The number of hydrogen-bond acceptors (Lipinski definition) is 5. The van der Waals surface area contributed by atoms with Crippen LogP contribution in [0.2, 0.25) is 0 Å². The second kappa shape index (κ2) is 4.19. The summed E-state index contributed by atoms with van der Waals surface area (Å²) in [5.41, 5.74) is 0.912. The fraction of sp³-hybridized carbons (Fsp3) is 0.364. The van der Waals surface area contributed by atoms with Gasteiger partial charge in [0.15, 0.2) is 0 Å². The molecule has 3 aromatic rings. The number of fused-ring (bicyclic) bond motifs is 1. The van der Waals surface area contributed by atoms with Gasteiger partial charge in [0.05, 0.1) is 6.20 Å². The van der Waals surface area contributed by atoms with Gasteiger partial charge in [-0.15, -0.1) is 11.3 Å². The third-order valence-corrected chi connectivity index (χ3v) is 4.06. The largest absolute Gasteiger partial charge is 0.243 e. The SMILES string of the molecule is CC(C)Cc1nn2cc(-c3nccs3)nc2s1. The first-order valence-electron chi connectivity index (χ1n) is 5.47. The Hall–Kier alpha value is -1.27. The molecular weight excluding hydrogens is 252 g/mol. The van der Waals surface area contributed by atoms with E-state index < -0.39 is 0 Å². The fourth-order valence-corrected chi connectivity index (χ4v) is 3.30. The smallest absolute Gasteiger partial charge is 0.212 e. The monoisotopic (exact) mass is 264 g/mol. The third kappa shape index (κ3) is 2.10. The van der Waals surface area contributed by atoms with Gasteiger partial charge >= 0.3 is 0 Å². The summed E-state index contributed by atoms with van der Waals surface area (Å²) in [6.07, 6.45) is 4.76. The number of nitrogens with zero attached hydrogens (tertiary/aromatic N) is 4. The van der Waals surface area contributed by atoms with Crippen LogP contribution in [0.4, 0.5) is 0 Å². The van der Waals surface area contributed by atoms with Crippen LogP contribution in [-0.4, -0.2) is 19.6 Å². The van der Waals surface area contributed by atoms with E-state index in [1.807, 2.05) is 16.1 Å². The number of thiazole rings is 1. The third-order valence-electron chi connectivity index (χ3n) is 2.32. The molecular formula is C11H12N4S2. The van der Waals surface area contributed by atoms with Crippen LogP contribution in [0.15, 0.2) is 17.8 Å². The van der Waals surface area contributed by atoms with E-state index in [4.69, 9.17) is 0 Å². The lowest BCUT2D eigenvalue weighted by molar-refractivity contribution is 0.637. The minimum Gasteiger partial charge on any atom is -0.243 e. The lowest BCUT2D eigenvalue weighted by atomic mass is 10.1. The normalized spacial score (nSPS) is 11.7. The second-order valence-corrected chi connectivity index (χ2v) is 6.22. The molecule has 0 atom stereocenters. The zero-order valence-electron chi connectivity index (χ0n) is 9.62. The van der Waals surface area contributed by atoms with E-state index >= 15 is 0 Å². The van der Waals surface area contributed by atoms with Gasteiger partial charge in [0, 0.05) is 18.0 Å². The molecule has 0 aliphatic carbocycles. The van der Waals surface area contributed by atoms with Crippen molar-refractivity contribution in [1.29, 1.82) is 0 Å². The lowest BCUT2D eigenvalue weighted by Crippen LogP contribution is -1.94. The summed E-state index contributed by atoms with van der Waals surface area (Å²) in [7, 11) is 0. The Morgan fingerprint density at radius 2 is 2.29 bits per heavy atom. The molecule has 0 saturated carbocycles. The molecule has 0 N–H and O–H groups in total. The van der Waals surface area contributed by atoms with Crippen molar-refractivity contribution in [3.8, 4) is 10.7 Å². The van der Waals surface area contributed by atoms with E-state index in [9.17, 15) is 0 Å². The van der Waals surface area contributed by atoms with Crippen LogP contribution < -0.4 is 0 Å². The Balaban J connectivity index is 1.96. The first kappa shape index (κ1) is 10.9. The minimum atomic E-state index is 0.629. The Morgan fingerprint density at radius 1 is 1.41 bits per heavy atom. The summed E-state index contributed by atoms with van der Waals surface area (Å²) in [5.74, 6) is 0.629. The van der Waals surface area contributed by atoms with Crippen LogP contribution in [0.1, 0.15) is 18.9 Å². The average Bonchev–Trinajstić information content (AvgIpc) is 2.86. The molecule has 0 aromatic carbocycles. The Kier molecular flexibility index (Phi) is 2.68. The highest BCUT2D eigenvalue weighted by Gasteiger charge is 2.11. The molecule has 6 heteroatoms. The van der Waals surface area contributed by atoms with Crippen molar-refractivity contribution in [2.24, 2.45) is 5.92 Å². The van der Waals surface area contributed by atoms with Gasteiger partial charge in [-0.25, -0.2) is 14.5 Å². The molecule has 17 heavy (non-hydrogen) atoms. The lowest BCUT2D eigenvalue weighted by Gasteiger charge is -1.97. The van der Waals surface area contributed by atoms with E-state index in [1.54, 1.807) is 28.9 Å². The average molecular weight is 264 g/mol. The number of aromatic nitrogens is 4. The van der Waals surface area contributed by atoms with Crippen molar-refractivity contribution in [2.75, 3.05) is 0 Å².